The van der Waals surface area contributed by atoms with E-state index < -0.39 is 11.7 Å². The smallest absolute Gasteiger partial charge is 0.369 e. The highest BCUT2D eigenvalue weighted by Crippen LogP contribution is 2.35. The van der Waals surface area contributed by atoms with Gasteiger partial charge in [0.2, 0.25) is 0 Å². The summed E-state index contributed by atoms with van der Waals surface area (Å²) in [6.45, 7) is 2.54. The van der Waals surface area contributed by atoms with Crippen LogP contribution in [0.1, 0.15) is 12.5 Å². The first-order valence-electron chi connectivity index (χ1n) is 6.00. The highest BCUT2D eigenvalue weighted by atomic mass is 19.4. The van der Waals surface area contributed by atoms with Crippen LogP contribution in [-0.4, -0.2) is 16.5 Å². The SMILES string of the molecule is CCNc1cncc(Nc2ccccc2C(F)(F)F)n1. The van der Waals surface area contributed by atoms with Gasteiger partial charge in [-0.05, 0) is 19.1 Å². The van der Waals surface area contributed by atoms with Crippen LogP contribution in [0, 0.1) is 0 Å². The van der Waals surface area contributed by atoms with Crippen LogP contribution >= 0.6 is 0 Å². The molecule has 2 aromatic rings. The maximum Gasteiger partial charge on any atom is 0.418 e. The predicted molar refractivity (Wildman–Crippen MR) is 70.9 cm³/mol. The van der Waals surface area contributed by atoms with E-state index in [1.807, 2.05) is 6.92 Å². The van der Waals surface area contributed by atoms with Crippen molar-refractivity contribution in [1.82, 2.24) is 9.97 Å². The minimum atomic E-state index is -4.42. The quantitative estimate of drug-likeness (QED) is 0.898. The first-order chi connectivity index (χ1) is 9.50. The second kappa shape index (κ2) is 5.77. The molecule has 20 heavy (non-hydrogen) atoms. The van der Waals surface area contributed by atoms with Crippen LogP contribution in [0.5, 0.6) is 0 Å². The molecule has 1 heterocycles. The van der Waals surface area contributed by atoms with Crippen LogP contribution < -0.4 is 10.6 Å². The fourth-order valence-electron chi connectivity index (χ4n) is 1.67. The van der Waals surface area contributed by atoms with E-state index in [0.29, 0.717) is 12.4 Å². The summed E-state index contributed by atoms with van der Waals surface area (Å²) in [6, 6.07) is 5.24. The summed E-state index contributed by atoms with van der Waals surface area (Å²) in [7, 11) is 0. The van der Waals surface area contributed by atoms with Gasteiger partial charge in [0.15, 0.2) is 5.82 Å². The van der Waals surface area contributed by atoms with Gasteiger partial charge in [0.25, 0.3) is 0 Å². The number of alkyl halides is 3. The number of para-hydroxylation sites is 1. The lowest BCUT2D eigenvalue weighted by Gasteiger charge is -2.14. The van der Waals surface area contributed by atoms with Crippen molar-refractivity contribution in [1.29, 1.82) is 0 Å². The molecule has 2 N–H and O–H groups in total. The number of nitrogens with zero attached hydrogens (tertiary/aromatic N) is 2. The van der Waals surface area contributed by atoms with Gasteiger partial charge in [0, 0.05) is 6.54 Å². The van der Waals surface area contributed by atoms with Crippen molar-refractivity contribution in [3.05, 3.63) is 42.2 Å². The highest BCUT2D eigenvalue weighted by molar-refractivity contribution is 5.61. The number of halogens is 3. The summed E-state index contributed by atoms with van der Waals surface area (Å²) in [4.78, 5) is 8.05. The second-order valence-electron chi connectivity index (χ2n) is 3.99. The number of hydrogen-bond donors (Lipinski definition) is 2. The average molecular weight is 282 g/mol. The predicted octanol–water partition coefficient (Wildman–Crippen LogP) is 3.67. The topological polar surface area (TPSA) is 49.8 Å². The molecular formula is C13H13F3N4. The van der Waals surface area contributed by atoms with Crippen molar-refractivity contribution in [3.63, 3.8) is 0 Å². The Balaban J connectivity index is 2.28. The molecular weight excluding hydrogens is 269 g/mol. The minimum absolute atomic E-state index is 0.0528. The van der Waals surface area contributed by atoms with E-state index in [-0.39, 0.29) is 11.5 Å². The zero-order valence-corrected chi connectivity index (χ0v) is 10.7. The van der Waals surface area contributed by atoms with Gasteiger partial charge in [0.05, 0.1) is 23.6 Å². The third kappa shape index (κ3) is 3.37. The van der Waals surface area contributed by atoms with Gasteiger partial charge in [0.1, 0.15) is 5.82 Å². The van der Waals surface area contributed by atoms with Crippen LogP contribution in [0.2, 0.25) is 0 Å². The maximum atomic E-state index is 12.9. The average Bonchev–Trinajstić information content (AvgIpc) is 2.39. The second-order valence-corrected chi connectivity index (χ2v) is 3.99. The summed E-state index contributed by atoms with van der Waals surface area (Å²) in [6.07, 6.45) is -1.55. The van der Waals surface area contributed by atoms with Crippen molar-refractivity contribution < 1.29 is 13.2 Å². The lowest BCUT2D eigenvalue weighted by atomic mass is 10.1. The first-order valence-corrected chi connectivity index (χ1v) is 6.00. The molecule has 1 aromatic carbocycles. The third-order valence-corrected chi connectivity index (χ3v) is 2.49. The van der Waals surface area contributed by atoms with Gasteiger partial charge in [-0.2, -0.15) is 13.2 Å². The lowest BCUT2D eigenvalue weighted by molar-refractivity contribution is -0.136. The van der Waals surface area contributed by atoms with Crippen molar-refractivity contribution in [3.8, 4) is 0 Å². The number of anilines is 3. The fraction of sp³-hybridized carbons (Fsp3) is 0.231. The number of aromatic nitrogens is 2. The van der Waals surface area contributed by atoms with Crippen LogP contribution in [0.4, 0.5) is 30.5 Å². The van der Waals surface area contributed by atoms with Crippen LogP contribution in [0.3, 0.4) is 0 Å². The Morgan fingerprint density at radius 3 is 2.50 bits per heavy atom. The summed E-state index contributed by atoms with van der Waals surface area (Å²) in [5, 5.41) is 5.59. The Morgan fingerprint density at radius 1 is 1.10 bits per heavy atom. The van der Waals surface area contributed by atoms with Crippen LogP contribution in [0.15, 0.2) is 36.7 Å². The Morgan fingerprint density at radius 2 is 1.80 bits per heavy atom. The Bertz CT molecular complexity index is 584. The minimum Gasteiger partial charge on any atom is -0.369 e. The lowest BCUT2D eigenvalue weighted by Crippen LogP contribution is -2.09. The zero-order chi connectivity index (χ0) is 14.6. The molecule has 0 fully saturated rings. The Labute approximate surface area is 114 Å². The van der Waals surface area contributed by atoms with Gasteiger partial charge in [-0.15, -0.1) is 0 Å². The summed E-state index contributed by atoms with van der Waals surface area (Å²) < 4.78 is 38.6. The summed E-state index contributed by atoms with van der Waals surface area (Å²) in [5.74, 6) is 0.752. The molecule has 0 aliphatic rings. The molecule has 0 spiro atoms. The molecule has 0 aliphatic carbocycles. The van der Waals surface area contributed by atoms with Gasteiger partial charge in [-0.1, -0.05) is 12.1 Å². The standard InChI is InChI=1S/C13H13F3N4/c1-2-18-11-7-17-8-12(20-11)19-10-6-4-3-5-9(10)13(14,15)16/h3-8H,2H2,1H3,(H2,18,19,20). The Hall–Kier alpha value is -2.31. The molecule has 0 bridgehead atoms. The third-order valence-electron chi connectivity index (χ3n) is 2.49. The monoisotopic (exact) mass is 282 g/mol. The van der Waals surface area contributed by atoms with E-state index in [1.165, 1.54) is 30.6 Å². The van der Waals surface area contributed by atoms with E-state index >= 15 is 0 Å². The molecule has 0 amide bonds. The van der Waals surface area contributed by atoms with Crippen molar-refractivity contribution in [2.24, 2.45) is 0 Å². The van der Waals surface area contributed by atoms with E-state index in [1.54, 1.807) is 0 Å². The molecule has 1 aromatic heterocycles. The van der Waals surface area contributed by atoms with Crippen molar-refractivity contribution >= 4 is 17.3 Å². The molecule has 0 aliphatic heterocycles. The highest BCUT2D eigenvalue weighted by Gasteiger charge is 2.33. The largest absolute Gasteiger partial charge is 0.418 e. The number of benzene rings is 1. The number of rotatable bonds is 4. The van der Waals surface area contributed by atoms with Crippen LogP contribution in [-0.2, 0) is 6.18 Å². The maximum absolute atomic E-state index is 12.9. The van der Waals surface area contributed by atoms with Crippen LogP contribution in [0.25, 0.3) is 0 Å². The molecule has 2 rings (SSSR count). The van der Waals surface area contributed by atoms with E-state index in [4.69, 9.17) is 0 Å². The fourth-order valence-corrected chi connectivity index (χ4v) is 1.67. The van der Waals surface area contributed by atoms with Crippen molar-refractivity contribution in [2.45, 2.75) is 13.1 Å². The van der Waals surface area contributed by atoms with Gasteiger partial charge in [-0.25, -0.2) is 4.98 Å². The normalized spacial score (nSPS) is 11.2. The first kappa shape index (κ1) is 14.1. The van der Waals surface area contributed by atoms with Crippen molar-refractivity contribution in [2.75, 3.05) is 17.2 Å². The molecule has 0 atom stereocenters. The van der Waals surface area contributed by atoms with E-state index in [2.05, 4.69) is 20.6 Å². The molecule has 0 saturated carbocycles. The Kier molecular flexibility index (Phi) is 4.07. The summed E-state index contributed by atoms with van der Waals surface area (Å²) >= 11 is 0. The van der Waals surface area contributed by atoms with Gasteiger partial charge in [-0.3, -0.25) is 4.98 Å². The van der Waals surface area contributed by atoms with E-state index in [9.17, 15) is 13.2 Å². The molecule has 7 heteroatoms. The van der Waals surface area contributed by atoms with Gasteiger partial charge < -0.3 is 10.6 Å². The molecule has 0 saturated heterocycles. The molecule has 0 radical (unpaired) electrons. The van der Waals surface area contributed by atoms with Gasteiger partial charge >= 0.3 is 6.18 Å². The molecule has 4 nitrogen and oxygen atoms in total. The molecule has 0 unspecified atom stereocenters. The molecule has 106 valence electrons. The van der Waals surface area contributed by atoms with E-state index in [0.717, 1.165) is 6.07 Å². The summed E-state index contributed by atoms with van der Waals surface area (Å²) in [5.41, 5.74) is -0.793. The number of hydrogen-bond acceptors (Lipinski definition) is 4. The zero-order valence-electron chi connectivity index (χ0n) is 10.7. The number of nitrogens with one attached hydrogen (secondary N) is 2.